The smallest absolute Gasteiger partial charge is 0.220 e. The summed E-state index contributed by atoms with van der Waals surface area (Å²) in [5.74, 6) is 0.892. The second-order valence-corrected chi connectivity index (χ2v) is 4.93. The van der Waals surface area contributed by atoms with Crippen molar-refractivity contribution < 1.29 is 9.53 Å². The molecule has 1 aromatic carbocycles. The van der Waals surface area contributed by atoms with E-state index in [9.17, 15) is 4.79 Å². The van der Waals surface area contributed by atoms with Gasteiger partial charge in [-0.25, -0.2) is 0 Å². The van der Waals surface area contributed by atoms with E-state index in [1.807, 2.05) is 38.1 Å². The van der Waals surface area contributed by atoms with Gasteiger partial charge in [-0.05, 0) is 44.4 Å². The number of nitrogens with one attached hydrogen (secondary N) is 1. The molecule has 4 nitrogen and oxygen atoms in total. The van der Waals surface area contributed by atoms with Gasteiger partial charge in [0.2, 0.25) is 5.91 Å². The molecule has 3 N–H and O–H groups in total. The van der Waals surface area contributed by atoms with Gasteiger partial charge in [0, 0.05) is 12.5 Å². The fourth-order valence-corrected chi connectivity index (χ4v) is 1.87. The summed E-state index contributed by atoms with van der Waals surface area (Å²) in [5, 5.41) is 2.99. The molecule has 0 fully saturated rings. The first-order valence-corrected chi connectivity index (χ1v) is 6.72. The Morgan fingerprint density at radius 3 is 2.47 bits per heavy atom. The maximum atomic E-state index is 11.8. The van der Waals surface area contributed by atoms with Crippen molar-refractivity contribution in [1.29, 1.82) is 0 Å². The third-order valence-electron chi connectivity index (χ3n) is 3.06. The molecule has 0 aromatic heterocycles. The van der Waals surface area contributed by atoms with Crippen LogP contribution in [0.4, 0.5) is 0 Å². The second kappa shape index (κ2) is 7.79. The molecular weight excluding hydrogens is 240 g/mol. The van der Waals surface area contributed by atoms with Crippen LogP contribution in [0.3, 0.4) is 0 Å². The number of amides is 1. The summed E-state index contributed by atoms with van der Waals surface area (Å²) in [6, 6.07) is 7.89. The molecule has 1 rings (SSSR count). The van der Waals surface area contributed by atoms with Crippen LogP contribution in [-0.2, 0) is 4.79 Å². The zero-order valence-corrected chi connectivity index (χ0v) is 12.0. The van der Waals surface area contributed by atoms with E-state index in [0.29, 0.717) is 6.42 Å². The Kier molecular flexibility index (Phi) is 6.36. The van der Waals surface area contributed by atoms with Crippen LogP contribution >= 0.6 is 0 Å². The molecule has 106 valence electrons. The number of rotatable bonds is 7. The Labute approximate surface area is 115 Å². The maximum Gasteiger partial charge on any atom is 0.220 e. The lowest BCUT2D eigenvalue weighted by Gasteiger charge is -2.15. The number of carbonyl (C=O) groups excluding carboxylic acids is 1. The Morgan fingerprint density at radius 2 is 1.95 bits per heavy atom. The quantitative estimate of drug-likeness (QED) is 0.794. The van der Waals surface area contributed by atoms with Gasteiger partial charge in [-0.1, -0.05) is 12.1 Å². The maximum absolute atomic E-state index is 11.8. The molecular formula is C15H24N2O2. The van der Waals surface area contributed by atoms with E-state index < -0.39 is 0 Å². The van der Waals surface area contributed by atoms with Gasteiger partial charge in [0.15, 0.2) is 0 Å². The molecule has 0 bridgehead atoms. The fourth-order valence-electron chi connectivity index (χ4n) is 1.87. The normalized spacial score (nSPS) is 13.7. The van der Waals surface area contributed by atoms with E-state index in [4.69, 9.17) is 10.5 Å². The molecule has 0 aliphatic carbocycles. The summed E-state index contributed by atoms with van der Waals surface area (Å²) in [6.45, 7) is 3.93. The summed E-state index contributed by atoms with van der Waals surface area (Å²) in [6.07, 6.45) is 2.24. The lowest BCUT2D eigenvalue weighted by atomic mass is 10.1. The van der Waals surface area contributed by atoms with Gasteiger partial charge >= 0.3 is 0 Å². The zero-order valence-electron chi connectivity index (χ0n) is 12.0. The van der Waals surface area contributed by atoms with E-state index in [0.717, 1.165) is 24.2 Å². The van der Waals surface area contributed by atoms with Crippen molar-refractivity contribution in [3.8, 4) is 5.75 Å². The monoisotopic (exact) mass is 264 g/mol. The van der Waals surface area contributed by atoms with Crippen molar-refractivity contribution in [2.24, 2.45) is 5.73 Å². The standard InChI is InChI=1S/C15H24N2O2/c1-11(16)5-4-6-15(18)17-12(2)13-7-9-14(19-3)10-8-13/h7-12H,4-6,16H2,1-3H3,(H,17,18)/t11?,12-/m1/s1. The van der Waals surface area contributed by atoms with Gasteiger partial charge in [0.05, 0.1) is 13.2 Å². The van der Waals surface area contributed by atoms with Gasteiger partial charge in [0.1, 0.15) is 5.75 Å². The van der Waals surface area contributed by atoms with Crippen LogP contribution in [0.15, 0.2) is 24.3 Å². The highest BCUT2D eigenvalue weighted by Gasteiger charge is 2.09. The molecule has 0 aliphatic heterocycles. The Morgan fingerprint density at radius 1 is 1.32 bits per heavy atom. The van der Waals surface area contributed by atoms with Crippen molar-refractivity contribution in [2.75, 3.05) is 7.11 Å². The molecule has 2 atom stereocenters. The number of hydrogen-bond acceptors (Lipinski definition) is 3. The predicted octanol–water partition coefficient (Wildman–Crippen LogP) is 2.39. The first-order valence-electron chi connectivity index (χ1n) is 6.72. The van der Waals surface area contributed by atoms with Gasteiger partial charge in [0.25, 0.3) is 0 Å². The van der Waals surface area contributed by atoms with E-state index in [2.05, 4.69) is 5.32 Å². The number of methoxy groups -OCH3 is 1. The SMILES string of the molecule is COc1ccc([C@@H](C)NC(=O)CCCC(C)N)cc1. The zero-order chi connectivity index (χ0) is 14.3. The minimum atomic E-state index is 0.00806. The largest absolute Gasteiger partial charge is 0.497 e. The van der Waals surface area contributed by atoms with Crippen molar-refractivity contribution in [2.45, 2.75) is 45.2 Å². The Balaban J connectivity index is 2.40. The van der Waals surface area contributed by atoms with Crippen LogP contribution < -0.4 is 15.8 Å². The average molecular weight is 264 g/mol. The first kappa shape index (κ1) is 15.5. The molecule has 1 amide bonds. The Hall–Kier alpha value is -1.55. The third kappa shape index (κ3) is 5.75. The number of ether oxygens (including phenoxy) is 1. The summed E-state index contributed by atoms with van der Waals surface area (Å²) in [4.78, 5) is 11.8. The van der Waals surface area contributed by atoms with Crippen molar-refractivity contribution in [1.82, 2.24) is 5.32 Å². The topological polar surface area (TPSA) is 64.3 Å². The average Bonchev–Trinajstić information content (AvgIpc) is 2.38. The number of carbonyl (C=O) groups is 1. The lowest BCUT2D eigenvalue weighted by molar-refractivity contribution is -0.121. The molecule has 0 spiro atoms. The number of hydrogen-bond donors (Lipinski definition) is 2. The molecule has 0 heterocycles. The van der Waals surface area contributed by atoms with Crippen LogP contribution in [0.25, 0.3) is 0 Å². The van der Waals surface area contributed by atoms with Crippen LogP contribution in [-0.4, -0.2) is 19.1 Å². The molecule has 1 unspecified atom stereocenters. The van der Waals surface area contributed by atoms with Crippen molar-refractivity contribution in [3.05, 3.63) is 29.8 Å². The highest BCUT2D eigenvalue weighted by molar-refractivity contribution is 5.76. The number of benzene rings is 1. The molecule has 0 saturated carbocycles. The molecule has 4 heteroatoms. The van der Waals surface area contributed by atoms with Crippen LogP contribution in [0.2, 0.25) is 0 Å². The van der Waals surface area contributed by atoms with E-state index >= 15 is 0 Å². The second-order valence-electron chi connectivity index (χ2n) is 4.93. The van der Waals surface area contributed by atoms with E-state index in [1.165, 1.54) is 0 Å². The highest BCUT2D eigenvalue weighted by atomic mass is 16.5. The molecule has 0 radical (unpaired) electrons. The predicted molar refractivity (Wildman–Crippen MR) is 77.1 cm³/mol. The Bertz CT molecular complexity index is 388. The van der Waals surface area contributed by atoms with E-state index in [1.54, 1.807) is 7.11 Å². The molecule has 0 saturated heterocycles. The fraction of sp³-hybridized carbons (Fsp3) is 0.533. The highest BCUT2D eigenvalue weighted by Crippen LogP contribution is 2.17. The van der Waals surface area contributed by atoms with Crippen molar-refractivity contribution >= 4 is 5.91 Å². The third-order valence-corrected chi connectivity index (χ3v) is 3.06. The summed E-state index contributed by atoms with van der Waals surface area (Å²) >= 11 is 0. The summed E-state index contributed by atoms with van der Waals surface area (Å²) in [5.41, 5.74) is 6.73. The van der Waals surface area contributed by atoms with Crippen LogP contribution in [0.1, 0.15) is 44.7 Å². The first-order chi connectivity index (χ1) is 9.02. The minimum absolute atomic E-state index is 0.00806. The van der Waals surface area contributed by atoms with Gasteiger partial charge in [-0.3, -0.25) is 4.79 Å². The number of nitrogens with two attached hydrogens (primary N) is 1. The van der Waals surface area contributed by atoms with Crippen molar-refractivity contribution in [3.63, 3.8) is 0 Å². The van der Waals surface area contributed by atoms with Crippen LogP contribution in [0.5, 0.6) is 5.75 Å². The van der Waals surface area contributed by atoms with Gasteiger partial charge in [-0.15, -0.1) is 0 Å². The molecule has 19 heavy (non-hydrogen) atoms. The lowest BCUT2D eigenvalue weighted by Crippen LogP contribution is -2.26. The molecule has 1 aromatic rings. The molecule has 0 aliphatic rings. The van der Waals surface area contributed by atoms with Gasteiger partial charge < -0.3 is 15.8 Å². The summed E-state index contributed by atoms with van der Waals surface area (Å²) < 4.78 is 5.11. The van der Waals surface area contributed by atoms with Gasteiger partial charge in [-0.2, -0.15) is 0 Å². The van der Waals surface area contributed by atoms with Crippen LogP contribution in [0, 0.1) is 0 Å². The van der Waals surface area contributed by atoms with E-state index in [-0.39, 0.29) is 18.0 Å². The minimum Gasteiger partial charge on any atom is -0.497 e. The summed E-state index contributed by atoms with van der Waals surface area (Å²) in [7, 11) is 1.64.